The number of carbonyl (C=O) groups is 1. The van der Waals surface area contributed by atoms with Crippen LogP contribution in [-0.4, -0.2) is 28.0 Å². The van der Waals surface area contributed by atoms with E-state index >= 15 is 0 Å². The predicted octanol–water partition coefficient (Wildman–Crippen LogP) is 6.13. The van der Waals surface area contributed by atoms with Crippen LogP contribution in [0.25, 0.3) is 0 Å². The Hall–Kier alpha value is -3.75. The van der Waals surface area contributed by atoms with E-state index in [1.807, 2.05) is 49.4 Å². The summed E-state index contributed by atoms with van der Waals surface area (Å²) in [5.74, 6) is 0.688. The van der Waals surface area contributed by atoms with E-state index in [-0.39, 0.29) is 10.6 Å². The lowest BCUT2D eigenvalue weighted by molar-refractivity contribution is -0.114. The lowest BCUT2D eigenvalue weighted by Gasteiger charge is -2.25. The van der Waals surface area contributed by atoms with Crippen LogP contribution in [0.15, 0.2) is 113 Å². The Morgan fingerprint density at radius 2 is 1.51 bits per heavy atom. The molecule has 37 heavy (non-hydrogen) atoms. The summed E-state index contributed by atoms with van der Waals surface area (Å²) in [4.78, 5) is 14.3. The van der Waals surface area contributed by atoms with E-state index in [2.05, 4.69) is 17.4 Å². The highest BCUT2D eigenvalue weighted by Crippen LogP contribution is 2.32. The molecule has 8 heteroatoms. The largest absolute Gasteiger partial charge is 0.495 e. The van der Waals surface area contributed by atoms with Gasteiger partial charge in [-0.3, -0.25) is 9.10 Å². The average molecular weight is 533 g/mol. The molecule has 0 heterocycles. The van der Waals surface area contributed by atoms with Gasteiger partial charge in [-0.2, -0.15) is 0 Å². The van der Waals surface area contributed by atoms with Crippen LogP contribution >= 0.6 is 11.8 Å². The van der Waals surface area contributed by atoms with Gasteiger partial charge in [0.2, 0.25) is 5.91 Å². The minimum absolute atomic E-state index is 0.0945. The summed E-state index contributed by atoms with van der Waals surface area (Å²) < 4.78 is 33.7. The summed E-state index contributed by atoms with van der Waals surface area (Å²) >= 11 is 1.73. The van der Waals surface area contributed by atoms with Crippen LogP contribution in [-0.2, 0) is 20.6 Å². The molecule has 0 aliphatic heterocycles. The monoisotopic (exact) mass is 532 g/mol. The average Bonchev–Trinajstić information content (AvgIpc) is 2.92. The first-order valence-electron chi connectivity index (χ1n) is 11.7. The fourth-order valence-corrected chi connectivity index (χ4v) is 5.98. The number of hydrogen-bond donors (Lipinski definition) is 1. The van der Waals surface area contributed by atoms with Crippen molar-refractivity contribution in [2.75, 3.05) is 23.3 Å². The first kappa shape index (κ1) is 26.3. The Balaban J connectivity index is 1.51. The van der Waals surface area contributed by atoms with Gasteiger partial charge in [0.05, 0.1) is 17.7 Å². The Labute approximate surface area is 222 Å². The second kappa shape index (κ2) is 12.0. The highest BCUT2D eigenvalue weighted by molar-refractivity contribution is 7.98. The summed E-state index contributed by atoms with van der Waals surface area (Å²) in [6.45, 7) is 1.47. The van der Waals surface area contributed by atoms with Crippen molar-refractivity contribution in [3.05, 3.63) is 114 Å². The first-order chi connectivity index (χ1) is 17.9. The van der Waals surface area contributed by atoms with Gasteiger partial charge < -0.3 is 10.1 Å². The Bertz CT molecular complexity index is 1440. The maximum Gasteiger partial charge on any atom is 0.264 e. The minimum Gasteiger partial charge on any atom is -0.495 e. The third-order valence-corrected chi connectivity index (χ3v) is 8.49. The van der Waals surface area contributed by atoms with Gasteiger partial charge in [-0.25, -0.2) is 8.42 Å². The van der Waals surface area contributed by atoms with Gasteiger partial charge in [0.1, 0.15) is 12.3 Å². The molecule has 0 spiro atoms. The second-order valence-corrected chi connectivity index (χ2v) is 11.3. The number of sulfonamides is 1. The van der Waals surface area contributed by atoms with E-state index in [9.17, 15) is 13.2 Å². The van der Waals surface area contributed by atoms with E-state index < -0.39 is 22.5 Å². The molecular weight excluding hydrogens is 504 g/mol. The number of nitrogens with one attached hydrogen (secondary N) is 1. The van der Waals surface area contributed by atoms with Gasteiger partial charge in [0.25, 0.3) is 10.0 Å². The second-order valence-electron chi connectivity index (χ2n) is 8.34. The number of nitrogens with zero attached hydrogens (tertiary/aromatic N) is 1. The number of aryl methyl sites for hydroxylation is 1. The zero-order valence-corrected chi connectivity index (χ0v) is 22.3. The molecule has 6 nitrogen and oxygen atoms in total. The fraction of sp³-hybridized carbons (Fsp3) is 0.138. The van der Waals surface area contributed by atoms with E-state index in [1.54, 1.807) is 48.2 Å². The smallest absolute Gasteiger partial charge is 0.264 e. The lowest BCUT2D eigenvalue weighted by atomic mass is 10.2. The third-order valence-electron chi connectivity index (χ3n) is 5.64. The zero-order chi connectivity index (χ0) is 26.3. The molecule has 0 bridgehead atoms. The van der Waals surface area contributed by atoms with Gasteiger partial charge in [-0.05, 0) is 61.0 Å². The van der Waals surface area contributed by atoms with Crippen LogP contribution in [0.4, 0.5) is 11.4 Å². The number of benzene rings is 4. The summed E-state index contributed by atoms with van der Waals surface area (Å²) in [5.41, 5.74) is 2.93. The molecule has 4 aromatic rings. The van der Waals surface area contributed by atoms with E-state index in [1.165, 1.54) is 24.1 Å². The highest BCUT2D eigenvalue weighted by atomic mass is 32.2. The fourth-order valence-electron chi connectivity index (χ4n) is 3.67. The van der Waals surface area contributed by atoms with Crippen LogP contribution in [0.2, 0.25) is 0 Å². The van der Waals surface area contributed by atoms with Crippen molar-refractivity contribution in [3.8, 4) is 5.75 Å². The molecule has 0 fully saturated rings. The maximum atomic E-state index is 13.6. The van der Waals surface area contributed by atoms with Crippen LogP contribution in [0, 0.1) is 6.92 Å². The zero-order valence-electron chi connectivity index (χ0n) is 20.6. The molecule has 0 unspecified atom stereocenters. The van der Waals surface area contributed by atoms with Gasteiger partial charge in [0, 0.05) is 16.3 Å². The van der Waals surface area contributed by atoms with Crippen LogP contribution in [0.1, 0.15) is 11.1 Å². The molecule has 190 valence electrons. The molecule has 0 radical (unpaired) electrons. The molecule has 4 aromatic carbocycles. The van der Waals surface area contributed by atoms with Crippen molar-refractivity contribution in [2.45, 2.75) is 22.5 Å². The van der Waals surface area contributed by atoms with Crippen molar-refractivity contribution in [2.24, 2.45) is 0 Å². The number of amides is 1. The molecule has 4 rings (SSSR count). The Kier molecular flexibility index (Phi) is 8.53. The highest BCUT2D eigenvalue weighted by Gasteiger charge is 2.29. The number of para-hydroxylation sites is 2. The number of thioether (sulfide) groups is 1. The molecule has 1 N–H and O–H groups in total. The number of anilines is 2. The normalized spacial score (nSPS) is 11.1. The van der Waals surface area contributed by atoms with Crippen LogP contribution in [0.5, 0.6) is 5.75 Å². The van der Waals surface area contributed by atoms with Crippen molar-refractivity contribution in [1.29, 1.82) is 0 Å². The summed E-state index contributed by atoms with van der Waals surface area (Å²) in [6.07, 6.45) is 0. The van der Waals surface area contributed by atoms with Crippen LogP contribution < -0.4 is 14.4 Å². The number of hydrogen-bond acceptors (Lipinski definition) is 5. The number of methoxy groups -OCH3 is 1. The van der Waals surface area contributed by atoms with E-state index in [0.29, 0.717) is 11.4 Å². The topological polar surface area (TPSA) is 75.7 Å². The van der Waals surface area contributed by atoms with Crippen molar-refractivity contribution >= 4 is 39.1 Å². The summed E-state index contributed by atoms with van der Waals surface area (Å²) in [7, 11) is -2.58. The first-order valence-corrected chi connectivity index (χ1v) is 14.1. The Morgan fingerprint density at radius 1 is 0.865 bits per heavy atom. The van der Waals surface area contributed by atoms with E-state index in [4.69, 9.17) is 4.74 Å². The number of rotatable bonds is 10. The Morgan fingerprint density at radius 3 is 2.19 bits per heavy atom. The van der Waals surface area contributed by atoms with E-state index in [0.717, 1.165) is 21.2 Å². The minimum atomic E-state index is -4.04. The lowest BCUT2D eigenvalue weighted by Crippen LogP contribution is -2.38. The number of carbonyl (C=O) groups excluding carboxylic acids is 1. The van der Waals surface area contributed by atoms with Crippen LogP contribution in [0.3, 0.4) is 0 Å². The number of ether oxygens (including phenoxy) is 1. The van der Waals surface area contributed by atoms with Gasteiger partial charge >= 0.3 is 0 Å². The predicted molar refractivity (Wildman–Crippen MR) is 150 cm³/mol. The molecule has 0 aliphatic rings. The standard InChI is InChI=1S/C29H28N2O4S2/c1-22-12-18-26(19-13-22)37(33,34)31(27-10-6-7-11-28(27)35-2)20-29(32)30-24-16-14-23(15-17-24)21-36-25-8-4-3-5-9-25/h3-19H,20-21H2,1-2H3,(H,30,32). The quantitative estimate of drug-likeness (QED) is 0.249. The summed E-state index contributed by atoms with van der Waals surface area (Å²) in [5, 5.41) is 2.82. The third kappa shape index (κ3) is 6.72. The molecule has 0 saturated carbocycles. The SMILES string of the molecule is COc1ccccc1N(CC(=O)Nc1ccc(CSc2ccccc2)cc1)S(=O)(=O)c1ccc(C)cc1. The molecule has 0 atom stereocenters. The van der Waals surface area contributed by atoms with Gasteiger partial charge in [0.15, 0.2) is 0 Å². The van der Waals surface area contributed by atoms with Crippen molar-refractivity contribution < 1.29 is 17.9 Å². The van der Waals surface area contributed by atoms with Crippen molar-refractivity contribution in [3.63, 3.8) is 0 Å². The van der Waals surface area contributed by atoms with Gasteiger partial charge in [-0.15, -0.1) is 11.8 Å². The molecule has 0 aliphatic carbocycles. The van der Waals surface area contributed by atoms with Gasteiger partial charge in [-0.1, -0.05) is 60.2 Å². The molecule has 0 aromatic heterocycles. The molecule has 1 amide bonds. The van der Waals surface area contributed by atoms with Crippen molar-refractivity contribution in [1.82, 2.24) is 0 Å². The maximum absolute atomic E-state index is 13.6. The summed E-state index contributed by atoms with van der Waals surface area (Å²) in [6, 6.07) is 31.0. The molecule has 0 saturated heterocycles. The molecular formula is C29H28N2O4S2.